The van der Waals surface area contributed by atoms with Crippen LogP contribution in [0.2, 0.25) is 13.1 Å². The first-order valence-corrected chi connectivity index (χ1v) is 13.1. The first-order valence-electron chi connectivity index (χ1n) is 10.8. The molecule has 0 aliphatic carbocycles. The quantitative estimate of drug-likeness (QED) is 0.179. The Morgan fingerprint density at radius 2 is 1.34 bits per heavy atom. The number of alkyl halides is 6. The predicted octanol–water partition coefficient (Wildman–Crippen LogP) is 2.59. The van der Waals surface area contributed by atoms with E-state index in [2.05, 4.69) is 69.2 Å². The maximum atomic E-state index is 12.0. The molecule has 1 nitrogen and oxygen atoms in total. The number of rotatable bonds is 1. The van der Waals surface area contributed by atoms with Crippen LogP contribution in [-0.2, 0) is 29.7 Å². The molecule has 0 N–H and O–H groups in total. The van der Waals surface area contributed by atoms with Crippen LogP contribution < -0.4 is 24.8 Å². The van der Waals surface area contributed by atoms with E-state index in [9.17, 15) is 26.3 Å². The summed E-state index contributed by atoms with van der Waals surface area (Å²) in [6.45, 7) is 11.0. The van der Waals surface area contributed by atoms with E-state index in [0.717, 1.165) is 15.0 Å². The maximum Gasteiger partial charge on any atom is 4.00 e. The summed E-state index contributed by atoms with van der Waals surface area (Å²) in [7, 11) is 0.750. The van der Waals surface area contributed by atoms with Gasteiger partial charge in [0, 0.05) is 21.2 Å². The summed E-state index contributed by atoms with van der Waals surface area (Å²) in [5.74, 6) is 0. The second-order valence-electron chi connectivity index (χ2n) is 7.95. The predicted molar refractivity (Wildman–Crippen MR) is 131 cm³/mol. The first kappa shape index (κ1) is 38.3. The summed E-state index contributed by atoms with van der Waals surface area (Å²) in [6, 6.07) is 15.5. The fourth-order valence-electron chi connectivity index (χ4n) is 3.33. The van der Waals surface area contributed by atoms with E-state index in [0.29, 0.717) is 12.1 Å². The van der Waals surface area contributed by atoms with Gasteiger partial charge in [0.25, 0.3) is 0 Å². The molecule has 1 aromatic heterocycles. The third kappa shape index (κ3) is 10.0. The van der Waals surface area contributed by atoms with Gasteiger partial charge in [0.15, 0.2) is 0 Å². The molecule has 0 atom stereocenters. The van der Waals surface area contributed by atoms with Gasteiger partial charge in [-0.05, 0) is 11.5 Å². The summed E-state index contributed by atoms with van der Waals surface area (Å²) in [5, 5.41) is 1.20. The van der Waals surface area contributed by atoms with Crippen LogP contribution in [0.1, 0.15) is 27.8 Å². The largest absolute Gasteiger partial charge is 4.00 e. The third-order valence-corrected chi connectivity index (χ3v) is 5.29. The molecule has 0 aliphatic rings. The average Bonchev–Trinajstić information content (AvgIpc) is 3.06. The smallest absolute Gasteiger partial charge is 1.00 e. The fraction of sp³-hybridized carbons (Fsp3) is 0.259. The van der Waals surface area contributed by atoms with Crippen LogP contribution in [0.25, 0.3) is 22.0 Å². The van der Waals surface area contributed by atoms with Gasteiger partial charge in [0.2, 0.25) is 0 Å². The van der Waals surface area contributed by atoms with Crippen molar-refractivity contribution in [3.8, 4) is 11.1 Å². The fourth-order valence-corrected chi connectivity index (χ4v) is 3.33. The summed E-state index contributed by atoms with van der Waals surface area (Å²) in [5.41, 5.74) is 5.04. The minimum absolute atomic E-state index is 0. The van der Waals surface area contributed by atoms with E-state index in [1.807, 2.05) is 12.3 Å². The molecule has 0 fully saturated rings. The molecule has 0 bridgehead atoms. The molecule has 38 heavy (non-hydrogen) atoms. The molecule has 4 rings (SSSR count). The molecular weight excluding hydrogens is 603 g/mol. The maximum absolute atomic E-state index is 12.0. The van der Waals surface area contributed by atoms with Gasteiger partial charge in [-0.25, -0.2) is 0 Å². The van der Waals surface area contributed by atoms with Crippen molar-refractivity contribution in [1.82, 2.24) is 4.98 Å². The van der Waals surface area contributed by atoms with Crippen molar-refractivity contribution >= 4 is 20.4 Å². The molecule has 0 saturated heterocycles. The molecule has 0 amide bonds. The number of fused-ring (bicyclic) bond motifs is 1. The zero-order valence-electron chi connectivity index (χ0n) is 21.2. The van der Waals surface area contributed by atoms with E-state index < -0.39 is 23.5 Å². The number of aryl methyl sites for hydroxylation is 1. The van der Waals surface area contributed by atoms with Gasteiger partial charge < -0.3 is 24.8 Å². The zero-order valence-corrected chi connectivity index (χ0v) is 25.2. The van der Waals surface area contributed by atoms with Crippen LogP contribution in [0.15, 0.2) is 60.8 Å². The van der Waals surface area contributed by atoms with Crippen LogP contribution in [0.5, 0.6) is 0 Å². The number of para-hydroxylation sites is 1. The zero-order chi connectivity index (χ0) is 26.4. The molecule has 205 valence electrons. The van der Waals surface area contributed by atoms with E-state index >= 15 is 0 Å². The van der Waals surface area contributed by atoms with Crippen LogP contribution >= 0.6 is 0 Å². The van der Waals surface area contributed by atoms with Gasteiger partial charge in [0.05, 0.1) is 0 Å². The molecule has 0 unspecified atom stereocenters. The van der Waals surface area contributed by atoms with Gasteiger partial charge in [-0.2, -0.15) is 44.5 Å². The minimum Gasteiger partial charge on any atom is -1.00 e. The molecule has 11 heteroatoms. The summed E-state index contributed by atoms with van der Waals surface area (Å²) in [6.07, 6.45) is -7.70. The van der Waals surface area contributed by atoms with Gasteiger partial charge >= 0.3 is 29.7 Å². The SMILES string of the molecule is C[SiH]C.Cc1c[c-](-c2cccc3cccnc23)c(C)c1C.FC(F)(F)c1c[c-]cc(C(F)(F)F)c1.[Cl-].[Cl-].[Cr+4]. The number of aromatic nitrogens is 1. The monoisotopic (exact) mass is 628 g/mol. The van der Waals surface area contributed by atoms with E-state index in [4.69, 9.17) is 0 Å². The number of benzene rings is 2. The van der Waals surface area contributed by atoms with Crippen molar-refractivity contribution in [1.29, 1.82) is 0 Å². The van der Waals surface area contributed by atoms with E-state index in [1.54, 1.807) is 6.07 Å². The Balaban J connectivity index is 0. The summed E-state index contributed by atoms with van der Waals surface area (Å²) in [4.78, 5) is 4.54. The molecule has 1 heterocycles. The molecule has 4 aromatic rings. The van der Waals surface area contributed by atoms with Crippen molar-refractivity contribution in [3.63, 3.8) is 0 Å². The number of hydrogen-bond acceptors (Lipinski definition) is 1. The van der Waals surface area contributed by atoms with Crippen molar-refractivity contribution in [2.75, 3.05) is 0 Å². The second-order valence-corrected chi connectivity index (χ2v) is 9.11. The Morgan fingerprint density at radius 1 is 0.842 bits per heavy atom. The third-order valence-electron chi connectivity index (χ3n) is 5.29. The number of pyridine rings is 1. The molecule has 0 saturated carbocycles. The normalized spacial score (nSPS) is 10.5. The second kappa shape index (κ2) is 16.3. The Labute approximate surface area is 245 Å². The van der Waals surface area contributed by atoms with E-state index in [1.165, 1.54) is 33.2 Å². The van der Waals surface area contributed by atoms with E-state index in [-0.39, 0.29) is 48.2 Å². The topological polar surface area (TPSA) is 12.9 Å². The number of nitrogens with zero attached hydrogens (tertiary/aromatic N) is 1. The first-order chi connectivity index (χ1) is 16.3. The van der Waals surface area contributed by atoms with Crippen molar-refractivity contribution in [2.24, 2.45) is 0 Å². The van der Waals surface area contributed by atoms with Crippen molar-refractivity contribution < 1.29 is 68.5 Å². The average molecular weight is 629 g/mol. The molecular formula is C27H26Cl2CrF6NSi. The molecule has 0 spiro atoms. The van der Waals surface area contributed by atoms with Gasteiger partial charge in [-0.3, -0.25) is 4.98 Å². The minimum atomic E-state index is -4.78. The molecule has 1 radical (unpaired) electrons. The van der Waals surface area contributed by atoms with Crippen LogP contribution in [0.3, 0.4) is 0 Å². The Kier molecular flexibility index (Phi) is 16.4. The standard InChI is InChI=1S/C17H16N.C8H3F6.C2H7Si.2ClH.Cr/c1-11-10-16(13(3)12(11)2)15-8-4-6-14-7-5-9-18-17(14)15;9-7(10,11)5-2-1-3-6(4-5)8(12,13)14;1-3-2;;;/h4-10H,1-3H3;2-4H;3H,1-2H3;2*1H;/q2*-1;;;;+4/p-2. The van der Waals surface area contributed by atoms with Crippen molar-refractivity contribution in [3.05, 3.63) is 94.7 Å². The number of hydrogen-bond donors (Lipinski definition) is 0. The summed E-state index contributed by atoms with van der Waals surface area (Å²) < 4.78 is 71.8. The van der Waals surface area contributed by atoms with Crippen LogP contribution in [-0.4, -0.2) is 14.5 Å². The van der Waals surface area contributed by atoms with Gasteiger partial charge in [0.1, 0.15) is 0 Å². The van der Waals surface area contributed by atoms with Gasteiger partial charge in [-0.1, -0.05) is 74.3 Å². The van der Waals surface area contributed by atoms with Crippen LogP contribution in [0.4, 0.5) is 26.3 Å². The molecule has 3 aromatic carbocycles. The Morgan fingerprint density at radius 3 is 1.79 bits per heavy atom. The Bertz CT molecular complexity index is 1240. The summed E-state index contributed by atoms with van der Waals surface area (Å²) >= 11 is 0. The van der Waals surface area contributed by atoms with Crippen molar-refractivity contribution in [2.45, 2.75) is 46.2 Å². The van der Waals surface area contributed by atoms with Crippen LogP contribution in [0, 0.1) is 26.8 Å². The number of halogens is 8. The Hall–Kier alpha value is -1.89. The van der Waals surface area contributed by atoms with Gasteiger partial charge in [-0.15, -0.1) is 34.9 Å². The molecule has 0 aliphatic heterocycles.